The topological polar surface area (TPSA) is 34.9 Å². The highest BCUT2D eigenvalue weighted by Gasteiger charge is 2.30. The van der Waals surface area contributed by atoms with E-state index in [1.165, 1.54) is 16.8 Å². The van der Waals surface area contributed by atoms with Gasteiger partial charge in [-0.2, -0.15) is 18.3 Å². The first-order valence-electron chi connectivity index (χ1n) is 6.53. The monoisotopic (exact) mass is 296 g/mol. The van der Waals surface area contributed by atoms with Crippen molar-refractivity contribution in [2.45, 2.75) is 25.9 Å². The Morgan fingerprint density at radius 2 is 2.00 bits per heavy atom. The summed E-state index contributed by atoms with van der Waals surface area (Å²) < 4.78 is 39.4. The van der Waals surface area contributed by atoms with Crippen molar-refractivity contribution in [1.29, 1.82) is 0 Å². The number of carbonyl (C=O) groups excluding carboxylic acids is 1. The third-order valence-electron chi connectivity index (χ3n) is 3.20. The van der Waals surface area contributed by atoms with Crippen molar-refractivity contribution in [1.82, 2.24) is 9.78 Å². The fourth-order valence-corrected chi connectivity index (χ4v) is 2.09. The maximum Gasteiger partial charge on any atom is 0.416 e. The van der Waals surface area contributed by atoms with Crippen LogP contribution in [0.5, 0.6) is 0 Å². The first-order valence-corrected chi connectivity index (χ1v) is 6.53. The van der Waals surface area contributed by atoms with Crippen molar-refractivity contribution in [3.05, 3.63) is 52.8 Å². The average molecular weight is 296 g/mol. The number of hydrogen-bond acceptors (Lipinski definition) is 2. The zero-order valence-corrected chi connectivity index (χ0v) is 11.7. The number of aryl methyl sites for hydroxylation is 2. The van der Waals surface area contributed by atoms with Crippen LogP contribution in [0.25, 0.3) is 0 Å². The van der Waals surface area contributed by atoms with Crippen LogP contribution in [0.15, 0.2) is 30.3 Å². The van der Waals surface area contributed by atoms with Crippen molar-refractivity contribution in [2.75, 3.05) is 0 Å². The molecule has 1 aromatic heterocycles. The van der Waals surface area contributed by atoms with E-state index in [-0.39, 0.29) is 12.2 Å². The summed E-state index contributed by atoms with van der Waals surface area (Å²) in [5, 5.41) is 4.16. The van der Waals surface area contributed by atoms with Gasteiger partial charge in [-0.1, -0.05) is 25.1 Å². The largest absolute Gasteiger partial charge is 0.416 e. The molecule has 0 aliphatic heterocycles. The highest BCUT2D eigenvalue weighted by atomic mass is 19.4. The molecule has 6 heteroatoms. The van der Waals surface area contributed by atoms with Crippen LogP contribution < -0.4 is 0 Å². The van der Waals surface area contributed by atoms with Crippen LogP contribution in [0, 0.1) is 0 Å². The number of Topliss-reactive ketones (excluding diaryl/α,β-unsaturated/α-hetero) is 1. The van der Waals surface area contributed by atoms with E-state index in [4.69, 9.17) is 0 Å². The van der Waals surface area contributed by atoms with Crippen LogP contribution in [0.1, 0.15) is 34.2 Å². The third kappa shape index (κ3) is 3.51. The van der Waals surface area contributed by atoms with Crippen LogP contribution in [0.2, 0.25) is 0 Å². The molecule has 2 aromatic rings. The summed E-state index contributed by atoms with van der Waals surface area (Å²) in [6.45, 7) is 1.92. The number of nitrogens with zero attached hydrogens (tertiary/aromatic N) is 2. The molecular weight excluding hydrogens is 281 g/mol. The molecule has 0 saturated carbocycles. The lowest BCUT2D eigenvalue weighted by Crippen LogP contribution is -2.11. The second-order valence-corrected chi connectivity index (χ2v) is 4.80. The molecule has 0 bridgehead atoms. The molecule has 0 N–H and O–H groups in total. The molecule has 0 atom stereocenters. The summed E-state index contributed by atoms with van der Waals surface area (Å²) in [4.78, 5) is 12.2. The molecule has 21 heavy (non-hydrogen) atoms. The molecule has 1 heterocycles. The third-order valence-corrected chi connectivity index (χ3v) is 3.20. The number of ketones is 1. The average Bonchev–Trinajstić information content (AvgIpc) is 2.79. The van der Waals surface area contributed by atoms with Gasteiger partial charge in [-0.15, -0.1) is 0 Å². The van der Waals surface area contributed by atoms with Gasteiger partial charge < -0.3 is 0 Å². The number of rotatable bonds is 4. The van der Waals surface area contributed by atoms with Crippen molar-refractivity contribution in [3.63, 3.8) is 0 Å². The van der Waals surface area contributed by atoms with E-state index in [9.17, 15) is 18.0 Å². The molecule has 0 aliphatic carbocycles. The Bertz CT molecular complexity index is 659. The molecule has 0 fully saturated rings. The molecule has 112 valence electrons. The number of alkyl halides is 3. The minimum absolute atomic E-state index is 0.0768. The van der Waals surface area contributed by atoms with Gasteiger partial charge in [0, 0.05) is 13.5 Å². The van der Waals surface area contributed by atoms with Gasteiger partial charge in [0.05, 0.1) is 11.3 Å². The molecule has 3 nitrogen and oxygen atoms in total. The van der Waals surface area contributed by atoms with Crippen molar-refractivity contribution in [3.8, 4) is 0 Å². The highest BCUT2D eigenvalue weighted by molar-refractivity contribution is 5.96. The van der Waals surface area contributed by atoms with E-state index in [1.807, 2.05) is 6.92 Å². The van der Waals surface area contributed by atoms with Crippen LogP contribution >= 0.6 is 0 Å². The Morgan fingerprint density at radius 1 is 1.29 bits per heavy atom. The van der Waals surface area contributed by atoms with Gasteiger partial charge in [-0.05, 0) is 24.1 Å². The highest BCUT2D eigenvalue weighted by Crippen LogP contribution is 2.29. The standard InChI is InChI=1S/C15H15F3N2O/c1-3-12-9-13(20(2)19-12)14(21)8-10-5-4-6-11(7-10)15(16,17)18/h4-7,9H,3,8H2,1-2H3. The minimum atomic E-state index is -4.40. The normalized spacial score (nSPS) is 11.7. The van der Waals surface area contributed by atoms with Crippen molar-refractivity contribution in [2.24, 2.45) is 7.05 Å². The Balaban J connectivity index is 2.21. The van der Waals surface area contributed by atoms with Crippen LogP contribution in [0.4, 0.5) is 13.2 Å². The van der Waals surface area contributed by atoms with E-state index >= 15 is 0 Å². The quantitative estimate of drug-likeness (QED) is 0.810. The zero-order valence-electron chi connectivity index (χ0n) is 11.7. The molecule has 2 rings (SSSR count). The minimum Gasteiger partial charge on any atom is -0.292 e. The fraction of sp³-hybridized carbons (Fsp3) is 0.333. The number of aromatic nitrogens is 2. The maximum atomic E-state index is 12.6. The smallest absolute Gasteiger partial charge is 0.292 e. The number of hydrogen-bond donors (Lipinski definition) is 0. The zero-order chi connectivity index (χ0) is 15.6. The second-order valence-electron chi connectivity index (χ2n) is 4.80. The lowest BCUT2D eigenvalue weighted by Gasteiger charge is -2.08. The van der Waals surface area contributed by atoms with Gasteiger partial charge in [-0.25, -0.2) is 0 Å². The Morgan fingerprint density at radius 3 is 2.57 bits per heavy atom. The lowest BCUT2D eigenvalue weighted by atomic mass is 10.0. The van der Waals surface area contributed by atoms with Gasteiger partial charge in [-0.3, -0.25) is 9.48 Å². The van der Waals surface area contributed by atoms with Gasteiger partial charge in [0.2, 0.25) is 0 Å². The van der Waals surface area contributed by atoms with E-state index in [0.717, 1.165) is 17.8 Å². The first kappa shape index (κ1) is 15.3. The molecule has 0 aliphatic rings. The fourth-order valence-electron chi connectivity index (χ4n) is 2.09. The van der Waals surface area contributed by atoms with Gasteiger partial charge in [0.15, 0.2) is 5.78 Å². The number of carbonyl (C=O) groups is 1. The molecule has 0 spiro atoms. The summed E-state index contributed by atoms with van der Waals surface area (Å²) in [5.41, 5.74) is 0.787. The summed E-state index contributed by atoms with van der Waals surface area (Å²) in [7, 11) is 1.65. The van der Waals surface area contributed by atoms with Crippen LogP contribution in [-0.2, 0) is 26.1 Å². The predicted molar refractivity (Wildman–Crippen MR) is 72.1 cm³/mol. The van der Waals surface area contributed by atoms with E-state index < -0.39 is 11.7 Å². The molecular formula is C15H15F3N2O. The summed E-state index contributed by atoms with van der Waals surface area (Å²) in [6, 6.07) is 6.51. The van der Waals surface area contributed by atoms with Crippen molar-refractivity contribution >= 4 is 5.78 Å². The number of benzene rings is 1. The van der Waals surface area contributed by atoms with Gasteiger partial charge >= 0.3 is 6.18 Å². The second kappa shape index (κ2) is 5.71. The van der Waals surface area contributed by atoms with E-state index in [0.29, 0.717) is 17.7 Å². The predicted octanol–water partition coefficient (Wildman–Crippen LogP) is 3.43. The summed E-state index contributed by atoms with van der Waals surface area (Å²) >= 11 is 0. The Hall–Kier alpha value is -2.11. The van der Waals surface area contributed by atoms with Gasteiger partial charge in [0.25, 0.3) is 0 Å². The Kier molecular flexibility index (Phi) is 4.16. The molecule has 0 radical (unpaired) electrons. The van der Waals surface area contributed by atoms with Gasteiger partial charge in [0.1, 0.15) is 5.69 Å². The summed E-state index contributed by atoms with van der Waals surface area (Å²) in [6.07, 6.45) is -3.78. The van der Waals surface area contributed by atoms with Crippen LogP contribution in [-0.4, -0.2) is 15.6 Å². The number of halogens is 3. The van der Waals surface area contributed by atoms with Crippen molar-refractivity contribution < 1.29 is 18.0 Å². The molecule has 0 unspecified atom stereocenters. The molecule has 0 saturated heterocycles. The lowest BCUT2D eigenvalue weighted by molar-refractivity contribution is -0.137. The SMILES string of the molecule is CCc1cc(C(=O)Cc2cccc(C(F)(F)F)c2)n(C)n1. The Labute approximate surface area is 120 Å². The summed E-state index contributed by atoms with van der Waals surface area (Å²) in [5.74, 6) is -0.246. The molecule has 1 aromatic carbocycles. The maximum absolute atomic E-state index is 12.6. The van der Waals surface area contributed by atoms with E-state index in [2.05, 4.69) is 5.10 Å². The first-order chi connectivity index (χ1) is 9.81. The van der Waals surface area contributed by atoms with Crippen LogP contribution in [0.3, 0.4) is 0 Å². The van der Waals surface area contributed by atoms with E-state index in [1.54, 1.807) is 13.1 Å². The molecule has 0 amide bonds.